The Hall–Kier alpha value is -4.10. The van der Waals surface area contributed by atoms with Crippen molar-refractivity contribution >= 4 is 40.4 Å². The number of amidine groups is 2. The molecule has 2 aliphatic heterocycles. The lowest BCUT2D eigenvalue weighted by molar-refractivity contribution is -0.114. The first-order valence-electron chi connectivity index (χ1n) is 11.6. The van der Waals surface area contributed by atoms with Crippen LogP contribution in [0.3, 0.4) is 0 Å². The van der Waals surface area contributed by atoms with Crippen LogP contribution in [0.2, 0.25) is 0 Å². The first kappa shape index (κ1) is 23.6. The minimum atomic E-state index is -0.412. The van der Waals surface area contributed by atoms with E-state index in [9.17, 15) is 4.79 Å². The number of hydrogen-bond acceptors (Lipinski definition) is 5. The highest BCUT2D eigenvalue weighted by atomic mass is 32.2. The fourth-order valence-corrected chi connectivity index (χ4v) is 4.90. The molecule has 0 atom stereocenters. The van der Waals surface area contributed by atoms with Gasteiger partial charge < -0.3 is 9.47 Å². The number of thioether (sulfide) groups is 1. The Balaban J connectivity index is 1.23. The summed E-state index contributed by atoms with van der Waals surface area (Å²) in [5.41, 5.74) is 5.16. The van der Waals surface area contributed by atoms with Gasteiger partial charge in [0, 0.05) is 5.41 Å². The lowest BCUT2D eigenvalue weighted by atomic mass is 10.1. The number of aryl methyl sites for hydroxylation is 2. The number of carbonyl (C=O) groups is 1. The van der Waals surface area contributed by atoms with Crippen LogP contribution < -0.4 is 9.47 Å². The van der Waals surface area contributed by atoms with Crippen molar-refractivity contribution < 1.29 is 14.3 Å². The maximum absolute atomic E-state index is 12.7. The molecule has 0 aromatic heterocycles. The lowest BCUT2D eigenvalue weighted by Gasteiger charge is -2.26. The second-order valence-corrected chi connectivity index (χ2v) is 9.30. The molecule has 7 heteroatoms. The zero-order chi connectivity index (χ0) is 25.1. The van der Waals surface area contributed by atoms with Crippen LogP contribution in [-0.4, -0.2) is 35.0 Å². The molecule has 1 amide bonds. The summed E-state index contributed by atoms with van der Waals surface area (Å²) in [5.74, 6) is 1.27. The Kier molecular flexibility index (Phi) is 6.73. The molecule has 6 nitrogen and oxygen atoms in total. The van der Waals surface area contributed by atoms with Gasteiger partial charge in [-0.2, -0.15) is 4.99 Å². The molecule has 0 fully saturated rings. The molecule has 180 valence electrons. The van der Waals surface area contributed by atoms with E-state index in [1.807, 2.05) is 79.1 Å². The number of hydrogen-bond donors (Lipinski definition) is 1. The standard InChI is InChI=1S/C29H25N3O3S/c1-19-8-13-26(20(2)16-19)35-15-14-34-23-11-9-21(10-12-23)17-24-27(30)32-25(22-6-4-3-5-7-22)18-36-29(32)31-28(24)33/h3-13,16-18,30H,14-15H2,1-2H3/b24-17-,30-27?. The number of benzene rings is 3. The normalized spacial score (nSPS) is 16.1. The molecule has 0 spiro atoms. The van der Waals surface area contributed by atoms with Gasteiger partial charge in [-0.1, -0.05) is 71.9 Å². The predicted octanol–water partition coefficient (Wildman–Crippen LogP) is 6.07. The van der Waals surface area contributed by atoms with Crippen molar-refractivity contribution in [3.63, 3.8) is 0 Å². The molecular weight excluding hydrogens is 470 g/mol. The molecule has 0 saturated heterocycles. The molecule has 2 aliphatic rings. The van der Waals surface area contributed by atoms with E-state index in [2.05, 4.69) is 18.0 Å². The molecule has 0 aliphatic carbocycles. The summed E-state index contributed by atoms with van der Waals surface area (Å²) in [6.45, 7) is 4.94. The first-order valence-corrected chi connectivity index (χ1v) is 12.5. The van der Waals surface area contributed by atoms with Gasteiger partial charge in [0.05, 0.1) is 11.3 Å². The van der Waals surface area contributed by atoms with Gasteiger partial charge in [-0.25, -0.2) is 0 Å². The fraction of sp³-hybridized carbons (Fsp3) is 0.138. The molecule has 0 unspecified atom stereocenters. The number of ether oxygens (including phenoxy) is 2. The van der Waals surface area contributed by atoms with Crippen LogP contribution in [0.1, 0.15) is 22.3 Å². The lowest BCUT2D eigenvalue weighted by Crippen LogP contribution is -2.38. The van der Waals surface area contributed by atoms with Gasteiger partial charge in [0.15, 0.2) is 5.17 Å². The molecule has 2 heterocycles. The largest absolute Gasteiger partial charge is 0.490 e. The first-order chi connectivity index (χ1) is 17.5. The van der Waals surface area contributed by atoms with Crippen molar-refractivity contribution in [2.24, 2.45) is 4.99 Å². The van der Waals surface area contributed by atoms with Crippen molar-refractivity contribution in [3.05, 3.63) is 106 Å². The number of nitrogens with zero attached hydrogens (tertiary/aromatic N) is 2. The van der Waals surface area contributed by atoms with Crippen LogP contribution in [-0.2, 0) is 4.79 Å². The van der Waals surface area contributed by atoms with E-state index < -0.39 is 5.91 Å². The van der Waals surface area contributed by atoms with Crippen molar-refractivity contribution in [2.75, 3.05) is 13.2 Å². The molecule has 5 rings (SSSR count). The van der Waals surface area contributed by atoms with E-state index >= 15 is 0 Å². The molecule has 36 heavy (non-hydrogen) atoms. The summed E-state index contributed by atoms with van der Waals surface area (Å²) in [6, 6.07) is 23.3. The van der Waals surface area contributed by atoms with Crippen LogP contribution in [0, 0.1) is 19.3 Å². The number of aliphatic imine (C=N–C) groups is 1. The van der Waals surface area contributed by atoms with Gasteiger partial charge in [-0.05, 0) is 54.8 Å². The molecule has 0 saturated carbocycles. The third-order valence-corrected chi connectivity index (χ3v) is 6.64. The predicted molar refractivity (Wildman–Crippen MR) is 145 cm³/mol. The summed E-state index contributed by atoms with van der Waals surface area (Å²) in [7, 11) is 0. The van der Waals surface area contributed by atoms with Gasteiger partial charge in [0.25, 0.3) is 5.91 Å². The smallest absolute Gasteiger partial charge is 0.283 e. The van der Waals surface area contributed by atoms with E-state index in [0.717, 1.165) is 28.1 Å². The number of rotatable bonds is 7. The number of amides is 1. The minimum Gasteiger partial charge on any atom is -0.490 e. The zero-order valence-electron chi connectivity index (χ0n) is 20.0. The Bertz CT molecular complexity index is 1410. The number of fused-ring (bicyclic) bond motifs is 1. The summed E-state index contributed by atoms with van der Waals surface area (Å²) in [6.07, 6.45) is 1.70. The van der Waals surface area contributed by atoms with Gasteiger partial charge in [-0.3, -0.25) is 15.1 Å². The van der Waals surface area contributed by atoms with Crippen molar-refractivity contribution in [2.45, 2.75) is 13.8 Å². The summed E-state index contributed by atoms with van der Waals surface area (Å²) >= 11 is 1.35. The van der Waals surface area contributed by atoms with Crippen LogP contribution in [0.15, 0.2) is 88.8 Å². The van der Waals surface area contributed by atoms with E-state index in [1.54, 1.807) is 11.0 Å². The van der Waals surface area contributed by atoms with Gasteiger partial charge in [-0.15, -0.1) is 0 Å². The highest BCUT2D eigenvalue weighted by Gasteiger charge is 2.36. The highest BCUT2D eigenvalue weighted by Crippen LogP contribution is 2.37. The average molecular weight is 496 g/mol. The Morgan fingerprint density at radius 3 is 2.47 bits per heavy atom. The Morgan fingerprint density at radius 2 is 1.72 bits per heavy atom. The van der Waals surface area contributed by atoms with Gasteiger partial charge >= 0.3 is 0 Å². The topological polar surface area (TPSA) is 75.0 Å². The maximum atomic E-state index is 12.7. The second-order valence-electron chi connectivity index (χ2n) is 8.46. The van der Waals surface area contributed by atoms with Crippen LogP contribution in [0.25, 0.3) is 11.8 Å². The SMILES string of the molecule is Cc1ccc(OCCOc2ccc(/C=C3/C(=N)N4C(c5ccccc5)=CSC4=NC3=O)cc2)c(C)c1. The van der Waals surface area contributed by atoms with Crippen LogP contribution in [0.4, 0.5) is 0 Å². The van der Waals surface area contributed by atoms with Crippen LogP contribution >= 0.6 is 11.8 Å². The second kappa shape index (κ2) is 10.3. The van der Waals surface area contributed by atoms with Crippen molar-refractivity contribution in [1.29, 1.82) is 5.41 Å². The third-order valence-electron chi connectivity index (χ3n) is 5.82. The quantitative estimate of drug-likeness (QED) is 0.318. The molecule has 0 bridgehead atoms. The Labute approximate surface area is 214 Å². The van der Waals surface area contributed by atoms with E-state index in [1.165, 1.54) is 17.3 Å². The Morgan fingerprint density at radius 1 is 0.972 bits per heavy atom. The third kappa shape index (κ3) is 4.97. The van der Waals surface area contributed by atoms with E-state index in [4.69, 9.17) is 14.9 Å². The average Bonchev–Trinajstić information content (AvgIpc) is 3.31. The van der Waals surface area contributed by atoms with Gasteiger partial charge in [0.1, 0.15) is 30.5 Å². The van der Waals surface area contributed by atoms with Crippen molar-refractivity contribution in [1.82, 2.24) is 4.90 Å². The zero-order valence-corrected chi connectivity index (χ0v) is 20.8. The summed E-state index contributed by atoms with van der Waals surface area (Å²) in [4.78, 5) is 18.6. The maximum Gasteiger partial charge on any atom is 0.283 e. The molecule has 3 aromatic rings. The number of nitrogens with one attached hydrogen (secondary N) is 1. The molecule has 1 N–H and O–H groups in total. The van der Waals surface area contributed by atoms with E-state index in [0.29, 0.717) is 24.1 Å². The fourth-order valence-electron chi connectivity index (χ4n) is 4.01. The highest BCUT2D eigenvalue weighted by molar-refractivity contribution is 8.17. The molecule has 0 radical (unpaired) electrons. The van der Waals surface area contributed by atoms with E-state index in [-0.39, 0.29) is 11.4 Å². The number of carbonyl (C=O) groups excluding carboxylic acids is 1. The van der Waals surface area contributed by atoms with Gasteiger partial charge in [0.2, 0.25) is 0 Å². The van der Waals surface area contributed by atoms with Crippen molar-refractivity contribution in [3.8, 4) is 11.5 Å². The minimum absolute atomic E-state index is 0.119. The summed E-state index contributed by atoms with van der Waals surface area (Å²) < 4.78 is 11.6. The molecular formula is C29H25N3O3S. The summed E-state index contributed by atoms with van der Waals surface area (Å²) in [5, 5.41) is 11.2. The van der Waals surface area contributed by atoms with Crippen LogP contribution in [0.5, 0.6) is 11.5 Å². The molecule has 3 aromatic carbocycles. The monoisotopic (exact) mass is 495 g/mol.